The van der Waals surface area contributed by atoms with Gasteiger partial charge in [-0.25, -0.2) is 18.6 Å². The Kier molecular flexibility index (Phi) is 6.25. The van der Waals surface area contributed by atoms with Crippen LogP contribution in [0.2, 0.25) is 0 Å². The highest BCUT2D eigenvalue weighted by Crippen LogP contribution is 2.46. The van der Waals surface area contributed by atoms with Crippen LogP contribution in [0.5, 0.6) is 5.88 Å². The van der Waals surface area contributed by atoms with Gasteiger partial charge in [-0.1, -0.05) is 30.2 Å². The van der Waals surface area contributed by atoms with Gasteiger partial charge in [0, 0.05) is 41.2 Å². The first-order valence-electron chi connectivity index (χ1n) is 13.5. The number of fused-ring (bicyclic) bond motifs is 3. The molecule has 2 fully saturated rings. The largest absolute Gasteiger partial charge is 0.481 e. The first-order valence-corrected chi connectivity index (χ1v) is 13.5. The highest BCUT2D eigenvalue weighted by Gasteiger charge is 2.55. The smallest absolute Gasteiger partial charge is 0.410 e. The number of hydrogen-bond acceptors (Lipinski definition) is 6. The summed E-state index contributed by atoms with van der Waals surface area (Å²) in [4.78, 5) is 25.8. The summed E-state index contributed by atoms with van der Waals surface area (Å²) in [6, 6.07) is 9.83. The van der Waals surface area contributed by atoms with Crippen LogP contribution in [0.15, 0.2) is 42.6 Å². The topological polar surface area (TPSA) is 67.8 Å². The van der Waals surface area contributed by atoms with Gasteiger partial charge in [0.05, 0.1) is 30.4 Å². The minimum absolute atomic E-state index is 0.0170. The second kappa shape index (κ2) is 9.58. The molecule has 3 atom stereocenters. The normalized spacial score (nSPS) is 20.1. The van der Waals surface area contributed by atoms with E-state index in [-0.39, 0.29) is 46.9 Å². The number of terminal acetylenes is 1. The SMILES string of the molecule is C#Cc1c(F)ccc2cccc(-c3ncc4c(N5C(C)[C@@H]6[C@H]5CCN6C(=O)OC(C)(C)C)cc(OC)nc4c3F)c12. The Morgan fingerprint density at radius 3 is 2.68 bits per heavy atom. The Labute approximate surface area is 237 Å². The van der Waals surface area contributed by atoms with Gasteiger partial charge in [-0.3, -0.25) is 4.98 Å². The number of carbonyl (C=O) groups is 1. The van der Waals surface area contributed by atoms with Gasteiger partial charge in [0.1, 0.15) is 22.6 Å². The number of nitrogens with zero attached hydrogens (tertiary/aromatic N) is 4. The van der Waals surface area contributed by atoms with E-state index in [4.69, 9.17) is 15.9 Å². The van der Waals surface area contributed by atoms with E-state index >= 15 is 4.39 Å². The Balaban J connectivity index is 1.45. The van der Waals surface area contributed by atoms with Gasteiger partial charge in [-0.15, -0.1) is 6.42 Å². The molecule has 1 unspecified atom stereocenters. The van der Waals surface area contributed by atoms with Gasteiger partial charge in [0.15, 0.2) is 5.82 Å². The van der Waals surface area contributed by atoms with Crippen molar-refractivity contribution in [3.05, 3.63) is 59.8 Å². The van der Waals surface area contributed by atoms with Gasteiger partial charge in [0.25, 0.3) is 0 Å². The van der Waals surface area contributed by atoms with Gasteiger partial charge in [0.2, 0.25) is 5.88 Å². The van der Waals surface area contributed by atoms with Crippen LogP contribution in [0, 0.1) is 24.0 Å². The zero-order chi connectivity index (χ0) is 29.2. The van der Waals surface area contributed by atoms with Gasteiger partial charge in [-0.05, 0) is 45.6 Å². The van der Waals surface area contributed by atoms with Crippen molar-refractivity contribution in [3.8, 4) is 29.5 Å². The molecule has 4 heterocycles. The summed E-state index contributed by atoms with van der Waals surface area (Å²) in [5.74, 6) is 1.43. The van der Waals surface area contributed by atoms with Crippen molar-refractivity contribution in [3.63, 3.8) is 0 Å². The van der Waals surface area contributed by atoms with Crippen molar-refractivity contribution in [2.24, 2.45) is 0 Å². The van der Waals surface area contributed by atoms with E-state index in [2.05, 4.69) is 20.8 Å². The number of carbonyl (C=O) groups excluding carboxylic acids is 1. The van der Waals surface area contributed by atoms with Gasteiger partial charge >= 0.3 is 6.09 Å². The van der Waals surface area contributed by atoms with Crippen molar-refractivity contribution in [1.29, 1.82) is 0 Å². The minimum Gasteiger partial charge on any atom is -0.481 e. The zero-order valence-electron chi connectivity index (χ0n) is 23.5. The van der Waals surface area contributed by atoms with Crippen LogP contribution in [-0.4, -0.2) is 58.3 Å². The minimum atomic E-state index is -0.658. The number of likely N-dealkylation sites (tertiary alicyclic amines) is 1. The van der Waals surface area contributed by atoms with E-state index < -0.39 is 17.2 Å². The number of pyridine rings is 2. The molecule has 0 saturated carbocycles. The van der Waals surface area contributed by atoms with Crippen molar-refractivity contribution in [1.82, 2.24) is 14.9 Å². The fourth-order valence-electron chi connectivity index (χ4n) is 6.29. The monoisotopic (exact) mass is 556 g/mol. The lowest BCUT2D eigenvalue weighted by Crippen LogP contribution is -2.69. The van der Waals surface area contributed by atoms with Crippen LogP contribution in [-0.2, 0) is 4.74 Å². The zero-order valence-corrected chi connectivity index (χ0v) is 23.5. The third-order valence-electron chi connectivity index (χ3n) is 7.97. The van der Waals surface area contributed by atoms with Crippen LogP contribution in [0.3, 0.4) is 0 Å². The Hall–Kier alpha value is -4.45. The molecule has 2 aromatic heterocycles. The number of methoxy groups -OCH3 is 1. The predicted octanol–water partition coefficient (Wildman–Crippen LogP) is 6.30. The number of ether oxygens (including phenoxy) is 2. The molecule has 2 aromatic carbocycles. The number of amides is 1. The van der Waals surface area contributed by atoms with Crippen LogP contribution in [0.25, 0.3) is 32.9 Å². The van der Waals surface area contributed by atoms with Gasteiger partial charge in [-0.2, -0.15) is 0 Å². The molecular weight excluding hydrogens is 526 g/mol. The summed E-state index contributed by atoms with van der Waals surface area (Å²) in [7, 11) is 1.48. The lowest BCUT2D eigenvalue weighted by Gasteiger charge is -2.54. The Morgan fingerprint density at radius 2 is 1.98 bits per heavy atom. The van der Waals surface area contributed by atoms with Crippen LogP contribution in [0.1, 0.15) is 39.7 Å². The van der Waals surface area contributed by atoms with Crippen molar-refractivity contribution < 1.29 is 23.0 Å². The number of anilines is 1. The average Bonchev–Trinajstić information content (AvgIpc) is 3.32. The van der Waals surface area contributed by atoms with E-state index in [0.29, 0.717) is 28.3 Å². The number of aromatic nitrogens is 2. The maximum absolute atomic E-state index is 16.4. The van der Waals surface area contributed by atoms with Crippen molar-refractivity contribution in [2.75, 3.05) is 18.6 Å². The first kappa shape index (κ1) is 26.8. The van der Waals surface area contributed by atoms with Crippen LogP contribution in [0.4, 0.5) is 19.3 Å². The molecule has 210 valence electrons. The lowest BCUT2D eigenvalue weighted by molar-refractivity contribution is 0.0150. The third kappa shape index (κ3) is 4.21. The molecule has 6 rings (SSSR count). The number of hydrogen-bond donors (Lipinski definition) is 0. The summed E-state index contributed by atoms with van der Waals surface area (Å²) < 4.78 is 42.1. The molecule has 0 radical (unpaired) electrons. The van der Waals surface area contributed by atoms with Gasteiger partial charge < -0.3 is 19.3 Å². The highest BCUT2D eigenvalue weighted by molar-refractivity contribution is 6.02. The second-order valence-electron chi connectivity index (χ2n) is 11.5. The van der Waals surface area contributed by atoms with E-state index in [1.807, 2.05) is 27.7 Å². The summed E-state index contributed by atoms with van der Waals surface area (Å²) in [6.45, 7) is 8.15. The number of halogens is 2. The molecule has 2 aliphatic rings. The summed E-state index contributed by atoms with van der Waals surface area (Å²) in [5, 5.41) is 1.60. The summed E-state index contributed by atoms with van der Waals surface area (Å²) in [5.41, 5.74) is 0.657. The van der Waals surface area contributed by atoms with E-state index in [1.165, 1.54) is 13.2 Å². The van der Waals surface area contributed by atoms with E-state index in [0.717, 1.165) is 12.1 Å². The molecule has 0 N–H and O–H groups in total. The number of rotatable bonds is 3. The molecule has 0 aliphatic carbocycles. The van der Waals surface area contributed by atoms with Crippen LogP contribution >= 0.6 is 0 Å². The molecule has 1 amide bonds. The molecule has 9 heteroatoms. The summed E-state index contributed by atoms with van der Waals surface area (Å²) in [6.07, 6.45) is 7.65. The highest BCUT2D eigenvalue weighted by atomic mass is 19.1. The van der Waals surface area contributed by atoms with E-state index in [1.54, 1.807) is 41.4 Å². The Morgan fingerprint density at radius 1 is 1.20 bits per heavy atom. The predicted molar refractivity (Wildman–Crippen MR) is 154 cm³/mol. The van der Waals surface area contributed by atoms with Crippen LogP contribution < -0.4 is 9.64 Å². The van der Waals surface area contributed by atoms with Crippen molar-refractivity contribution >= 4 is 33.5 Å². The molecule has 7 nitrogen and oxygen atoms in total. The first-order chi connectivity index (χ1) is 19.5. The fraction of sp³-hybridized carbons (Fsp3) is 0.344. The molecule has 41 heavy (non-hydrogen) atoms. The number of benzene rings is 2. The average molecular weight is 557 g/mol. The molecular formula is C32H30F2N4O3. The maximum atomic E-state index is 16.4. The summed E-state index contributed by atoms with van der Waals surface area (Å²) >= 11 is 0. The second-order valence-corrected chi connectivity index (χ2v) is 11.5. The molecule has 0 spiro atoms. The van der Waals surface area contributed by atoms with Crippen molar-refractivity contribution in [2.45, 2.75) is 57.8 Å². The molecule has 4 aromatic rings. The fourth-order valence-corrected chi connectivity index (χ4v) is 6.29. The maximum Gasteiger partial charge on any atom is 0.410 e. The molecule has 2 aliphatic heterocycles. The Bertz CT molecular complexity index is 1760. The van der Waals surface area contributed by atoms with E-state index in [9.17, 15) is 9.18 Å². The third-order valence-corrected chi connectivity index (χ3v) is 7.97. The standard InChI is InChI=1S/C32H30F2N4O3/c1-7-19-22(33)12-11-18-9-8-10-20(26(18)19)28-27(34)29-21(16-35-28)24(15-25(36-29)40-6)38-17(2)30-23(38)13-14-37(30)31(39)41-32(3,4)5/h1,8-12,15-17,23,30H,13-14H2,2-6H3/t17?,23-,30-/m1/s1. The molecule has 2 saturated heterocycles. The lowest BCUT2D eigenvalue weighted by atomic mass is 9.87. The molecule has 0 bridgehead atoms. The quantitative estimate of drug-likeness (QED) is 0.276.